The second-order valence-corrected chi connectivity index (χ2v) is 7.10. The number of hydrogen-bond acceptors (Lipinski definition) is 4. The van der Waals surface area contributed by atoms with Gasteiger partial charge in [-0.05, 0) is 18.6 Å². The number of carbonyl (C=O) groups excluding carboxylic acids is 2. The summed E-state index contributed by atoms with van der Waals surface area (Å²) in [5, 5.41) is 0.414. The van der Waals surface area contributed by atoms with E-state index in [-0.39, 0.29) is 30.6 Å². The van der Waals surface area contributed by atoms with Gasteiger partial charge in [-0.25, -0.2) is 14.8 Å². The fourth-order valence-electron chi connectivity index (χ4n) is 3.21. The highest BCUT2D eigenvalue weighted by Gasteiger charge is 2.40. The SMILES string of the molecule is CCC[C@H]1CN(c2cnc(C(F)(F)F)nc2)C(=O)N1CC(=O)c1cccc(Cl)c1. The number of urea groups is 1. The van der Waals surface area contributed by atoms with Gasteiger partial charge in [0.2, 0.25) is 5.82 Å². The molecular formula is C19H18ClF3N4O2. The van der Waals surface area contributed by atoms with Crippen molar-refractivity contribution in [3.63, 3.8) is 0 Å². The molecule has 0 N–H and O–H groups in total. The Morgan fingerprint density at radius 3 is 2.55 bits per heavy atom. The Bertz CT molecular complexity index is 905. The van der Waals surface area contributed by atoms with Crippen LogP contribution in [-0.2, 0) is 6.18 Å². The number of amides is 2. The lowest BCUT2D eigenvalue weighted by Crippen LogP contribution is -2.39. The van der Waals surface area contributed by atoms with Crippen LogP contribution in [0.1, 0.15) is 35.9 Å². The standard InChI is InChI=1S/C19H18ClF3N4O2/c1-2-4-14-10-26(15-8-24-17(25-9-15)19(21,22)23)18(29)27(14)11-16(28)12-5-3-6-13(20)7-12/h3,5-9,14H,2,4,10-11H2,1H3/t14-/m0/s1. The van der Waals surface area contributed by atoms with E-state index in [1.807, 2.05) is 6.92 Å². The second kappa shape index (κ2) is 8.36. The van der Waals surface area contributed by atoms with Crippen LogP contribution in [-0.4, -0.2) is 45.8 Å². The van der Waals surface area contributed by atoms with Crippen LogP contribution in [0.15, 0.2) is 36.7 Å². The van der Waals surface area contributed by atoms with Crippen molar-refractivity contribution in [2.24, 2.45) is 0 Å². The summed E-state index contributed by atoms with van der Waals surface area (Å²) in [7, 11) is 0. The number of rotatable bonds is 6. The van der Waals surface area contributed by atoms with Crippen LogP contribution >= 0.6 is 11.6 Å². The molecule has 10 heteroatoms. The molecule has 1 saturated heterocycles. The highest BCUT2D eigenvalue weighted by Crippen LogP contribution is 2.29. The third kappa shape index (κ3) is 4.67. The Kier molecular flexibility index (Phi) is 6.07. The number of anilines is 1. The molecule has 0 bridgehead atoms. The number of Topliss-reactive ketones (excluding diaryl/α,β-unsaturated/α-hetero) is 1. The number of nitrogens with zero attached hydrogens (tertiary/aromatic N) is 4. The Morgan fingerprint density at radius 1 is 1.28 bits per heavy atom. The molecule has 0 aliphatic carbocycles. The number of benzene rings is 1. The van der Waals surface area contributed by atoms with Gasteiger partial charge in [-0.1, -0.05) is 37.1 Å². The van der Waals surface area contributed by atoms with Crippen LogP contribution in [0, 0.1) is 0 Å². The maximum atomic E-state index is 12.9. The van der Waals surface area contributed by atoms with Gasteiger partial charge in [0.15, 0.2) is 5.78 Å². The molecule has 1 aromatic carbocycles. The van der Waals surface area contributed by atoms with Gasteiger partial charge < -0.3 is 4.90 Å². The molecule has 1 aliphatic heterocycles. The number of alkyl halides is 3. The van der Waals surface area contributed by atoms with E-state index in [0.717, 1.165) is 18.8 Å². The predicted molar refractivity (Wildman–Crippen MR) is 101 cm³/mol. The summed E-state index contributed by atoms with van der Waals surface area (Å²) in [6.07, 6.45) is -1.30. The van der Waals surface area contributed by atoms with E-state index in [0.29, 0.717) is 17.0 Å². The van der Waals surface area contributed by atoms with Gasteiger partial charge in [0, 0.05) is 17.1 Å². The lowest BCUT2D eigenvalue weighted by Gasteiger charge is -2.22. The Hall–Kier alpha value is -2.68. The topological polar surface area (TPSA) is 66.4 Å². The molecule has 3 rings (SSSR count). The van der Waals surface area contributed by atoms with E-state index in [1.165, 1.54) is 15.9 Å². The van der Waals surface area contributed by atoms with Crippen LogP contribution in [0.2, 0.25) is 5.02 Å². The highest BCUT2D eigenvalue weighted by atomic mass is 35.5. The Morgan fingerprint density at radius 2 is 1.97 bits per heavy atom. The minimum Gasteiger partial charge on any atom is -0.312 e. The fourth-order valence-corrected chi connectivity index (χ4v) is 3.40. The summed E-state index contributed by atoms with van der Waals surface area (Å²) in [4.78, 5) is 34.9. The quantitative estimate of drug-likeness (QED) is 0.640. The first-order chi connectivity index (χ1) is 13.7. The number of ketones is 1. The molecule has 1 aromatic heterocycles. The van der Waals surface area contributed by atoms with E-state index in [1.54, 1.807) is 18.2 Å². The summed E-state index contributed by atoms with van der Waals surface area (Å²) in [5.41, 5.74) is 0.540. The van der Waals surface area contributed by atoms with Gasteiger partial charge in [-0.15, -0.1) is 0 Å². The van der Waals surface area contributed by atoms with Crippen LogP contribution in [0.5, 0.6) is 0 Å². The summed E-state index contributed by atoms with van der Waals surface area (Å²) in [5.74, 6) is -1.54. The zero-order valence-corrected chi connectivity index (χ0v) is 16.2. The molecule has 0 spiro atoms. The van der Waals surface area contributed by atoms with Crippen molar-refractivity contribution in [1.29, 1.82) is 0 Å². The van der Waals surface area contributed by atoms with Gasteiger partial charge in [0.05, 0.1) is 30.7 Å². The van der Waals surface area contributed by atoms with Crippen molar-refractivity contribution in [2.75, 3.05) is 18.0 Å². The van der Waals surface area contributed by atoms with Gasteiger partial charge in [-0.2, -0.15) is 13.2 Å². The first kappa shape index (κ1) is 21.0. The van der Waals surface area contributed by atoms with E-state index in [9.17, 15) is 22.8 Å². The molecule has 1 fully saturated rings. The molecule has 2 aromatic rings. The zero-order valence-electron chi connectivity index (χ0n) is 15.5. The Balaban J connectivity index is 1.80. The molecule has 6 nitrogen and oxygen atoms in total. The summed E-state index contributed by atoms with van der Waals surface area (Å²) >= 11 is 5.93. The van der Waals surface area contributed by atoms with E-state index >= 15 is 0 Å². The van der Waals surface area contributed by atoms with Gasteiger partial charge >= 0.3 is 12.2 Å². The average molecular weight is 427 g/mol. The molecule has 0 saturated carbocycles. The van der Waals surface area contributed by atoms with E-state index in [4.69, 9.17) is 11.6 Å². The van der Waals surface area contributed by atoms with Crippen molar-refractivity contribution in [1.82, 2.24) is 14.9 Å². The van der Waals surface area contributed by atoms with Crippen LogP contribution in [0.3, 0.4) is 0 Å². The average Bonchev–Trinajstić information content (AvgIpc) is 2.97. The van der Waals surface area contributed by atoms with Crippen molar-refractivity contribution in [3.05, 3.63) is 53.1 Å². The highest BCUT2D eigenvalue weighted by molar-refractivity contribution is 6.31. The van der Waals surface area contributed by atoms with Gasteiger partial charge in [0.1, 0.15) is 0 Å². The van der Waals surface area contributed by atoms with Crippen LogP contribution in [0.25, 0.3) is 0 Å². The molecule has 2 heterocycles. The van der Waals surface area contributed by atoms with E-state index in [2.05, 4.69) is 9.97 Å². The van der Waals surface area contributed by atoms with E-state index < -0.39 is 18.0 Å². The Labute approximate surface area is 170 Å². The molecular weight excluding hydrogens is 409 g/mol. The minimum atomic E-state index is -4.66. The normalized spacial score (nSPS) is 17.1. The monoisotopic (exact) mass is 426 g/mol. The minimum absolute atomic E-state index is 0.151. The van der Waals surface area contributed by atoms with Crippen molar-refractivity contribution in [3.8, 4) is 0 Å². The maximum absolute atomic E-state index is 12.9. The van der Waals surface area contributed by atoms with Gasteiger partial charge in [-0.3, -0.25) is 9.69 Å². The summed E-state index contributed by atoms with van der Waals surface area (Å²) < 4.78 is 38.0. The number of carbonyl (C=O) groups is 2. The third-order valence-electron chi connectivity index (χ3n) is 4.60. The fraction of sp³-hybridized carbons (Fsp3) is 0.368. The number of hydrogen-bond donors (Lipinski definition) is 0. The van der Waals surface area contributed by atoms with Crippen molar-refractivity contribution >= 4 is 29.1 Å². The molecule has 0 radical (unpaired) electrons. The largest absolute Gasteiger partial charge is 0.451 e. The van der Waals surface area contributed by atoms with Crippen molar-refractivity contribution < 1.29 is 22.8 Å². The number of aromatic nitrogens is 2. The molecule has 154 valence electrons. The molecule has 29 heavy (non-hydrogen) atoms. The first-order valence-corrected chi connectivity index (χ1v) is 9.34. The third-order valence-corrected chi connectivity index (χ3v) is 4.83. The smallest absolute Gasteiger partial charge is 0.312 e. The number of halogens is 4. The molecule has 1 aliphatic rings. The van der Waals surface area contributed by atoms with Gasteiger partial charge in [0.25, 0.3) is 0 Å². The summed E-state index contributed by atoms with van der Waals surface area (Å²) in [6.45, 7) is 2.04. The maximum Gasteiger partial charge on any atom is 0.451 e. The molecule has 2 amide bonds. The van der Waals surface area contributed by atoms with Crippen LogP contribution in [0.4, 0.5) is 23.7 Å². The molecule has 1 atom stereocenters. The second-order valence-electron chi connectivity index (χ2n) is 6.66. The lowest BCUT2D eigenvalue weighted by molar-refractivity contribution is -0.144. The zero-order chi connectivity index (χ0) is 21.2. The predicted octanol–water partition coefficient (Wildman–Crippen LogP) is 4.44. The van der Waals surface area contributed by atoms with Crippen LogP contribution < -0.4 is 4.90 Å². The van der Waals surface area contributed by atoms with Crippen molar-refractivity contribution in [2.45, 2.75) is 32.0 Å². The summed E-state index contributed by atoms with van der Waals surface area (Å²) in [6, 6.07) is 5.72. The lowest BCUT2D eigenvalue weighted by atomic mass is 10.1. The first-order valence-electron chi connectivity index (χ1n) is 8.97. The molecule has 0 unspecified atom stereocenters.